The molecule has 168 valence electrons. The second-order valence-electron chi connectivity index (χ2n) is 7.53. The van der Waals surface area contributed by atoms with Crippen molar-refractivity contribution in [2.24, 2.45) is 5.16 Å². The van der Waals surface area contributed by atoms with Crippen molar-refractivity contribution in [2.45, 2.75) is 102 Å². The quantitative estimate of drug-likeness (QED) is 0.131. The van der Waals surface area contributed by atoms with Crippen LogP contribution in [0.15, 0.2) is 17.8 Å². The molecule has 0 aromatic heterocycles. The maximum absolute atomic E-state index is 11.8. The molecular formula is C21H37NO7. The minimum absolute atomic E-state index is 0.187. The summed E-state index contributed by atoms with van der Waals surface area (Å²) in [6.07, 6.45) is 4.38. The first-order valence-corrected chi connectivity index (χ1v) is 10.5. The molecule has 1 aliphatic heterocycles. The normalized spacial score (nSPS) is 27.5. The first-order valence-electron chi connectivity index (χ1n) is 10.5. The average Bonchev–Trinajstić information content (AvgIpc) is 2.71. The second-order valence-corrected chi connectivity index (χ2v) is 7.53. The van der Waals surface area contributed by atoms with Crippen molar-refractivity contribution >= 4 is 11.7 Å². The highest BCUT2D eigenvalue weighted by Crippen LogP contribution is 2.22. The zero-order valence-corrected chi connectivity index (χ0v) is 17.7. The van der Waals surface area contributed by atoms with Crippen LogP contribution in [-0.2, 0) is 19.1 Å². The number of aliphatic hydroxyl groups is 3. The summed E-state index contributed by atoms with van der Waals surface area (Å²) in [5.74, 6) is -0.286. The number of oxime groups is 1. The van der Waals surface area contributed by atoms with Crippen LogP contribution in [-0.4, -0.2) is 64.3 Å². The van der Waals surface area contributed by atoms with Crippen LogP contribution >= 0.6 is 0 Å². The van der Waals surface area contributed by atoms with Gasteiger partial charge in [0.15, 0.2) is 0 Å². The fourth-order valence-electron chi connectivity index (χ4n) is 2.93. The summed E-state index contributed by atoms with van der Waals surface area (Å²) >= 11 is 0. The Morgan fingerprint density at radius 3 is 2.38 bits per heavy atom. The number of esters is 1. The lowest BCUT2D eigenvalue weighted by molar-refractivity contribution is -0.293. The largest absolute Gasteiger partial charge is 0.466 e. The molecule has 0 spiro atoms. The van der Waals surface area contributed by atoms with Crippen LogP contribution < -0.4 is 0 Å². The molecule has 8 nitrogen and oxygen atoms in total. The first kappa shape index (κ1) is 25.6. The highest BCUT2D eigenvalue weighted by molar-refractivity contribution is 5.85. The molecule has 0 amide bonds. The Bertz CT molecular complexity index is 511. The number of hydrogen-bond donors (Lipinski definition) is 3. The first-order chi connectivity index (χ1) is 13.9. The lowest BCUT2D eigenvalue weighted by Crippen LogP contribution is -2.57. The Labute approximate surface area is 173 Å². The number of hydrogen-bond acceptors (Lipinski definition) is 8. The van der Waals surface area contributed by atoms with Gasteiger partial charge in [0.05, 0.1) is 24.8 Å². The number of allylic oxidation sites excluding steroid dienone is 1. The number of carbonyl (C=O) groups is 1. The van der Waals surface area contributed by atoms with Crippen LogP contribution in [0.4, 0.5) is 0 Å². The molecule has 1 saturated heterocycles. The van der Waals surface area contributed by atoms with Gasteiger partial charge in [-0.15, -0.1) is 6.58 Å². The van der Waals surface area contributed by atoms with E-state index < -0.39 is 30.7 Å². The van der Waals surface area contributed by atoms with E-state index in [2.05, 4.69) is 11.7 Å². The van der Waals surface area contributed by atoms with E-state index in [1.54, 1.807) is 13.8 Å². The van der Waals surface area contributed by atoms with E-state index in [9.17, 15) is 20.1 Å². The molecule has 5 atom stereocenters. The lowest BCUT2D eigenvalue weighted by Gasteiger charge is -2.37. The fraction of sp³-hybridized carbons (Fsp3) is 0.810. The van der Waals surface area contributed by atoms with Crippen LogP contribution in [0.2, 0.25) is 0 Å². The Kier molecular flexibility index (Phi) is 12.8. The molecule has 3 N–H and O–H groups in total. The van der Waals surface area contributed by atoms with Crippen molar-refractivity contribution < 1.29 is 34.4 Å². The van der Waals surface area contributed by atoms with Crippen molar-refractivity contribution in [3.8, 4) is 0 Å². The summed E-state index contributed by atoms with van der Waals surface area (Å²) in [7, 11) is 0. The number of carbonyl (C=O) groups excluding carboxylic acids is 1. The van der Waals surface area contributed by atoms with Crippen LogP contribution in [0.25, 0.3) is 0 Å². The van der Waals surface area contributed by atoms with Gasteiger partial charge in [-0.3, -0.25) is 4.79 Å². The molecule has 0 bridgehead atoms. The van der Waals surface area contributed by atoms with Gasteiger partial charge in [0, 0.05) is 0 Å². The van der Waals surface area contributed by atoms with E-state index in [0.717, 1.165) is 25.7 Å². The zero-order valence-electron chi connectivity index (χ0n) is 17.7. The highest BCUT2D eigenvalue weighted by atomic mass is 16.8. The molecule has 0 saturated carbocycles. The maximum atomic E-state index is 11.8. The molecule has 0 aliphatic carbocycles. The molecule has 0 unspecified atom stereocenters. The van der Waals surface area contributed by atoms with Gasteiger partial charge in [0.25, 0.3) is 6.29 Å². The topological polar surface area (TPSA) is 118 Å². The van der Waals surface area contributed by atoms with Crippen molar-refractivity contribution in [2.75, 3.05) is 6.61 Å². The molecule has 8 heteroatoms. The Morgan fingerprint density at radius 1 is 1.03 bits per heavy atom. The predicted octanol–water partition coefficient (Wildman–Crippen LogP) is 2.45. The van der Waals surface area contributed by atoms with Gasteiger partial charge in [0.2, 0.25) is 0 Å². The SMILES string of the molecule is C=CCCCCCCCCOC(=O)CC/C(C)=N/O[C@@H]1O[C@@H](C)[C@@H](O)[C@@H](O)[C@@H]1O. The maximum Gasteiger partial charge on any atom is 0.306 e. The molecule has 29 heavy (non-hydrogen) atoms. The van der Waals surface area contributed by atoms with Crippen LogP contribution in [0.1, 0.15) is 71.6 Å². The standard InChI is InChI=1S/C21H37NO7/c1-4-5-6-7-8-9-10-11-14-27-17(23)13-12-15(2)22-29-21-20(26)19(25)18(24)16(3)28-21/h4,16,18-21,24-26H,1,5-14H2,2-3H3/b22-15+/t16-,18+,19+,20-,21-/m0/s1. The fourth-order valence-corrected chi connectivity index (χ4v) is 2.93. The van der Waals surface area contributed by atoms with Gasteiger partial charge in [-0.1, -0.05) is 36.9 Å². The molecule has 0 aromatic rings. The minimum atomic E-state index is -1.41. The molecular weight excluding hydrogens is 378 g/mol. The number of rotatable bonds is 14. The Hall–Kier alpha value is -1.48. The third-order valence-electron chi connectivity index (χ3n) is 4.88. The van der Waals surface area contributed by atoms with Crippen LogP contribution in [0, 0.1) is 0 Å². The summed E-state index contributed by atoms with van der Waals surface area (Å²) < 4.78 is 10.5. The Balaban J connectivity index is 2.13. The number of aliphatic hydroxyl groups excluding tert-OH is 3. The summed E-state index contributed by atoms with van der Waals surface area (Å²) in [4.78, 5) is 16.9. The van der Waals surface area contributed by atoms with Gasteiger partial charge in [-0.05, 0) is 39.5 Å². The monoisotopic (exact) mass is 415 g/mol. The smallest absolute Gasteiger partial charge is 0.306 e. The summed E-state index contributed by atoms with van der Waals surface area (Å²) in [6.45, 7) is 7.38. The molecule has 1 fully saturated rings. The predicted molar refractivity (Wildman–Crippen MR) is 109 cm³/mol. The second kappa shape index (κ2) is 14.5. The lowest BCUT2D eigenvalue weighted by atomic mass is 10.0. The van der Waals surface area contributed by atoms with Crippen molar-refractivity contribution in [3.05, 3.63) is 12.7 Å². The van der Waals surface area contributed by atoms with E-state index in [4.69, 9.17) is 14.3 Å². The molecule has 0 aromatic carbocycles. The van der Waals surface area contributed by atoms with Crippen molar-refractivity contribution in [3.63, 3.8) is 0 Å². The minimum Gasteiger partial charge on any atom is -0.466 e. The highest BCUT2D eigenvalue weighted by Gasteiger charge is 2.43. The molecule has 1 rings (SSSR count). The van der Waals surface area contributed by atoms with E-state index in [1.807, 2.05) is 6.08 Å². The van der Waals surface area contributed by atoms with Gasteiger partial charge in [-0.25, -0.2) is 0 Å². The summed E-state index contributed by atoms with van der Waals surface area (Å²) in [5.41, 5.74) is 0.533. The average molecular weight is 416 g/mol. The Morgan fingerprint density at radius 2 is 1.69 bits per heavy atom. The molecule has 1 aliphatic rings. The number of nitrogens with zero attached hydrogens (tertiary/aromatic N) is 1. The van der Waals surface area contributed by atoms with E-state index in [1.165, 1.54) is 19.3 Å². The van der Waals surface area contributed by atoms with Gasteiger partial charge < -0.3 is 29.6 Å². The van der Waals surface area contributed by atoms with E-state index >= 15 is 0 Å². The van der Waals surface area contributed by atoms with Gasteiger partial charge in [0.1, 0.15) is 18.3 Å². The van der Waals surface area contributed by atoms with Gasteiger partial charge >= 0.3 is 5.97 Å². The summed E-state index contributed by atoms with van der Waals surface area (Å²) in [5, 5.41) is 33.1. The van der Waals surface area contributed by atoms with Crippen molar-refractivity contribution in [1.29, 1.82) is 0 Å². The van der Waals surface area contributed by atoms with E-state index in [-0.39, 0.29) is 12.4 Å². The molecule has 0 radical (unpaired) electrons. The number of ether oxygens (including phenoxy) is 2. The van der Waals surface area contributed by atoms with Crippen LogP contribution in [0.5, 0.6) is 0 Å². The molecule has 1 heterocycles. The zero-order chi connectivity index (χ0) is 21.6. The van der Waals surface area contributed by atoms with E-state index in [0.29, 0.717) is 18.7 Å². The van der Waals surface area contributed by atoms with Gasteiger partial charge in [-0.2, -0.15) is 0 Å². The van der Waals surface area contributed by atoms with Crippen LogP contribution in [0.3, 0.4) is 0 Å². The van der Waals surface area contributed by atoms with Crippen molar-refractivity contribution in [1.82, 2.24) is 0 Å². The third-order valence-corrected chi connectivity index (χ3v) is 4.88. The number of unbranched alkanes of at least 4 members (excludes halogenated alkanes) is 6. The summed E-state index contributed by atoms with van der Waals surface area (Å²) in [6, 6.07) is 0. The third kappa shape index (κ3) is 10.2.